The molecule has 1 aliphatic carbocycles. The number of rotatable bonds is 4. The molecule has 1 aromatic rings. The maximum absolute atomic E-state index is 13.6. The zero-order valence-corrected chi connectivity index (χ0v) is 9.47. The fraction of sp³-hybridized carbons (Fsp3) is 0.538. The van der Waals surface area contributed by atoms with E-state index < -0.39 is 11.6 Å². The third-order valence-corrected chi connectivity index (χ3v) is 3.48. The van der Waals surface area contributed by atoms with E-state index in [0.717, 1.165) is 12.5 Å². The van der Waals surface area contributed by atoms with Gasteiger partial charge in [0.05, 0.1) is 0 Å². The third-order valence-electron chi connectivity index (χ3n) is 3.48. The standard InChI is InChI=1S/C13H17F2N/c1-16-13(7-9-3-2-4-9)11-6-5-10(14)8-12(11)15/h5-6,8-9,13,16H,2-4,7H2,1H3. The Kier molecular flexibility index (Phi) is 3.54. The predicted molar refractivity (Wildman–Crippen MR) is 60.1 cm³/mol. The van der Waals surface area contributed by atoms with Crippen LogP contribution in [0, 0.1) is 17.6 Å². The highest BCUT2D eigenvalue weighted by atomic mass is 19.1. The Morgan fingerprint density at radius 3 is 2.62 bits per heavy atom. The van der Waals surface area contributed by atoms with E-state index in [-0.39, 0.29) is 6.04 Å². The van der Waals surface area contributed by atoms with Crippen molar-refractivity contribution in [2.24, 2.45) is 5.92 Å². The Hall–Kier alpha value is -0.960. The number of nitrogens with one attached hydrogen (secondary N) is 1. The Bertz CT molecular complexity index is 361. The molecule has 1 saturated carbocycles. The summed E-state index contributed by atoms with van der Waals surface area (Å²) in [7, 11) is 1.83. The average Bonchev–Trinajstić information content (AvgIpc) is 2.18. The van der Waals surface area contributed by atoms with Crippen LogP contribution in [0.15, 0.2) is 18.2 Å². The van der Waals surface area contributed by atoms with Crippen LogP contribution in [0.25, 0.3) is 0 Å². The van der Waals surface area contributed by atoms with Gasteiger partial charge < -0.3 is 5.32 Å². The number of hydrogen-bond donors (Lipinski definition) is 1. The van der Waals surface area contributed by atoms with Crippen molar-refractivity contribution in [2.45, 2.75) is 31.7 Å². The fourth-order valence-electron chi connectivity index (χ4n) is 2.25. The van der Waals surface area contributed by atoms with Gasteiger partial charge in [0.2, 0.25) is 0 Å². The number of hydrogen-bond acceptors (Lipinski definition) is 1. The lowest BCUT2D eigenvalue weighted by Crippen LogP contribution is -2.24. The van der Waals surface area contributed by atoms with Crippen molar-refractivity contribution in [3.8, 4) is 0 Å². The van der Waals surface area contributed by atoms with Crippen molar-refractivity contribution in [3.05, 3.63) is 35.4 Å². The molecule has 0 radical (unpaired) electrons. The first-order valence-electron chi connectivity index (χ1n) is 5.83. The molecule has 1 aromatic carbocycles. The van der Waals surface area contributed by atoms with Crippen molar-refractivity contribution in [1.82, 2.24) is 5.32 Å². The van der Waals surface area contributed by atoms with Crippen molar-refractivity contribution in [3.63, 3.8) is 0 Å². The van der Waals surface area contributed by atoms with Crippen LogP contribution in [0.1, 0.15) is 37.3 Å². The smallest absolute Gasteiger partial charge is 0.130 e. The van der Waals surface area contributed by atoms with E-state index in [4.69, 9.17) is 0 Å². The second kappa shape index (κ2) is 4.91. The van der Waals surface area contributed by atoms with E-state index in [0.29, 0.717) is 11.5 Å². The van der Waals surface area contributed by atoms with Crippen molar-refractivity contribution in [2.75, 3.05) is 7.05 Å². The first-order chi connectivity index (χ1) is 7.70. The van der Waals surface area contributed by atoms with Gasteiger partial charge in [0.1, 0.15) is 11.6 Å². The van der Waals surface area contributed by atoms with Crippen LogP contribution in [0.3, 0.4) is 0 Å². The molecule has 0 saturated heterocycles. The highest BCUT2D eigenvalue weighted by molar-refractivity contribution is 5.22. The summed E-state index contributed by atoms with van der Waals surface area (Å²) in [6.45, 7) is 0. The quantitative estimate of drug-likeness (QED) is 0.828. The van der Waals surface area contributed by atoms with E-state index in [1.54, 1.807) is 6.07 Å². The average molecular weight is 225 g/mol. The predicted octanol–water partition coefficient (Wildman–Crippen LogP) is 3.42. The van der Waals surface area contributed by atoms with Crippen LogP contribution < -0.4 is 5.32 Å². The molecule has 1 atom stereocenters. The van der Waals surface area contributed by atoms with Gasteiger partial charge in [-0.2, -0.15) is 0 Å². The van der Waals surface area contributed by atoms with Crippen LogP contribution in [0.2, 0.25) is 0 Å². The van der Waals surface area contributed by atoms with Gasteiger partial charge in [0, 0.05) is 17.7 Å². The minimum Gasteiger partial charge on any atom is -0.313 e. The van der Waals surface area contributed by atoms with Crippen molar-refractivity contribution >= 4 is 0 Å². The van der Waals surface area contributed by atoms with E-state index >= 15 is 0 Å². The molecule has 1 N–H and O–H groups in total. The maximum Gasteiger partial charge on any atom is 0.130 e. The summed E-state index contributed by atoms with van der Waals surface area (Å²) in [5.41, 5.74) is 0.579. The molecular weight excluding hydrogens is 208 g/mol. The van der Waals surface area contributed by atoms with Crippen molar-refractivity contribution < 1.29 is 8.78 Å². The lowest BCUT2D eigenvalue weighted by atomic mass is 9.79. The van der Waals surface area contributed by atoms with Gasteiger partial charge in [-0.3, -0.25) is 0 Å². The van der Waals surface area contributed by atoms with E-state index in [1.807, 2.05) is 7.05 Å². The first kappa shape index (κ1) is 11.5. The minimum absolute atomic E-state index is 0.00546. The molecule has 0 aliphatic heterocycles. The number of benzene rings is 1. The molecule has 1 unspecified atom stereocenters. The van der Waals surface area contributed by atoms with Gasteiger partial charge in [0.25, 0.3) is 0 Å². The molecule has 3 heteroatoms. The SMILES string of the molecule is CNC(CC1CCC1)c1ccc(F)cc1F. The highest BCUT2D eigenvalue weighted by Crippen LogP contribution is 2.35. The lowest BCUT2D eigenvalue weighted by Gasteiger charge is -2.29. The van der Waals surface area contributed by atoms with Crippen LogP contribution in [-0.4, -0.2) is 7.05 Å². The molecule has 88 valence electrons. The molecule has 0 spiro atoms. The molecule has 2 rings (SSSR count). The molecule has 0 aromatic heterocycles. The summed E-state index contributed by atoms with van der Waals surface area (Å²) >= 11 is 0. The van der Waals surface area contributed by atoms with Gasteiger partial charge >= 0.3 is 0 Å². The Morgan fingerprint density at radius 2 is 2.12 bits per heavy atom. The summed E-state index contributed by atoms with van der Waals surface area (Å²) in [6, 6.07) is 3.83. The monoisotopic (exact) mass is 225 g/mol. The van der Waals surface area contributed by atoms with Crippen molar-refractivity contribution in [1.29, 1.82) is 0 Å². The van der Waals surface area contributed by atoms with Gasteiger partial charge in [-0.25, -0.2) is 8.78 Å². The second-order valence-corrected chi connectivity index (χ2v) is 4.54. The van der Waals surface area contributed by atoms with Gasteiger partial charge in [-0.05, 0) is 25.5 Å². The zero-order valence-electron chi connectivity index (χ0n) is 9.47. The van der Waals surface area contributed by atoms with Crippen LogP contribution in [0.4, 0.5) is 8.78 Å². The molecule has 16 heavy (non-hydrogen) atoms. The molecule has 1 fully saturated rings. The Balaban J connectivity index is 2.11. The Morgan fingerprint density at radius 1 is 1.38 bits per heavy atom. The molecule has 1 aliphatic rings. The van der Waals surface area contributed by atoms with Gasteiger partial charge in [0.15, 0.2) is 0 Å². The lowest BCUT2D eigenvalue weighted by molar-refractivity contribution is 0.263. The first-order valence-corrected chi connectivity index (χ1v) is 5.83. The van der Waals surface area contributed by atoms with Gasteiger partial charge in [-0.15, -0.1) is 0 Å². The molecule has 0 heterocycles. The minimum atomic E-state index is -0.514. The van der Waals surface area contributed by atoms with Gasteiger partial charge in [-0.1, -0.05) is 25.3 Å². The van der Waals surface area contributed by atoms with Crippen LogP contribution in [-0.2, 0) is 0 Å². The van der Waals surface area contributed by atoms with E-state index in [1.165, 1.54) is 25.3 Å². The molecule has 0 bridgehead atoms. The molecule has 0 amide bonds. The van der Waals surface area contributed by atoms with E-state index in [9.17, 15) is 8.78 Å². The normalized spacial score (nSPS) is 18.2. The summed E-state index contributed by atoms with van der Waals surface area (Å²) < 4.78 is 26.4. The van der Waals surface area contributed by atoms with E-state index in [2.05, 4.69) is 5.32 Å². The summed E-state index contributed by atoms with van der Waals surface area (Å²) in [5.74, 6) is -0.264. The second-order valence-electron chi connectivity index (χ2n) is 4.54. The molecule has 1 nitrogen and oxygen atoms in total. The highest BCUT2D eigenvalue weighted by Gasteiger charge is 2.23. The Labute approximate surface area is 94.9 Å². The summed E-state index contributed by atoms with van der Waals surface area (Å²) in [4.78, 5) is 0. The largest absolute Gasteiger partial charge is 0.313 e. The third kappa shape index (κ3) is 2.40. The summed E-state index contributed by atoms with van der Waals surface area (Å²) in [5, 5.41) is 3.12. The summed E-state index contributed by atoms with van der Waals surface area (Å²) in [6.07, 6.45) is 4.70. The van der Waals surface area contributed by atoms with Crippen LogP contribution in [0.5, 0.6) is 0 Å². The van der Waals surface area contributed by atoms with Crippen LogP contribution >= 0.6 is 0 Å². The topological polar surface area (TPSA) is 12.0 Å². The number of halogens is 2. The zero-order chi connectivity index (χ0) is 11.5. The maximum atomic E-state index is 13.6. The fourth-order valence-corrected chi connectivity index (χ4v) is 2.25. The molecular formula is C13H17F2N.